The van der Waals surface area contributed by atoms with Gasteiger partial charge in [0.25, 0.3) is 5.56 Å². The van der Waals surface area contributed by atoms with E-state index in [1.165, 1.54) is 4.57 Å². The molecule has 1 saturated heterocycles. The Kier molecular flexibility index (Phi) is 12.8. The Balaban J connectivity index is 1.30. The van der Waals surface area contributed by atoms with E-state index in [-0.39, 0.29) is 42.4 Å². The third kappa shape index (κ3) is 12.0. The van der Waals surface area contributed by atoms with E-state index in [2.05, 4.69) is 45.6 Å². The van der Waals surface area contributed by atoms with Crippen molar-refractivity contribution < 1.29 is 97.2 Å². The standard InChI is InChI=1S/C16H30N6O22P6/c17-8-1-3-9(4-2-8)39-46(27,28)41-48(31,32)43-50(35,36)44-49(33,34)42-47(29,30)40-45(25,26)37-6-11-10(23)5-12(38-11)22-7-19-13-14(22)20-16(18)21-15(13)24/h7-12,23H,1-6,17H2,(H,25,26)(H,27,28)(H,29,30)(H,31,32)(H,33,34)(H,35,36)(H3,18,20,21,24)/t8?,9?,10-,11-,12-/m1/s1. The molecule has 1 saturated carbocycles. The molecule has 0 spiro atoms. The zero-order valence-corrected chi connectivity index (χ0v) is 30.0. The van der Waals surface area contributed by atoms with Crippen LogP contribution in [0.25, 0.3) is 11.2 Å². The van der Waals surface area contributed by atoms with Crippen LogP contribution in [0.4, 0.5) is 5.95 Å². The van der Waals surface area contributed by atoms with Crippen molar-refractivity contribution in [1.29, 1.82) is 0 Å². The molecule has 0 aromatic carbocycles. The summed E-state index contributed by atoms with van der Waals surface area (Å²) < 4.78 is 107. The van der Waals surface area contributed by atoms with Crippen LogP contribution in [0.15, 0.2) is 11.1 Å². The largest absolute Gasteiger partial charge is 0.490 e. The maximum atomic E-state index is 12.3. The number of aliphatic hydroxyl groups is 1. The molecule has 12 N–H and O–H groups in total. The fourth-order valence-corrected chi connectivity index (χ4v) is 12.5. The van der Waals surface area contributed by atoms with Crippen LogP contribution in [0.5, 0.6) is 0 Å². The summed E-state index contributed by atoms with van der Waals surface area (Å²) in [5.74, 6) is -0.272. The molecule has 2 aromatic heterocycles. The van der Waals surface area contributed by atoms with Crippen LogP contribution in [0.2, 0.25) is 0 Å². The number of aromatic nitrogens is 4. The lowest BCUT2D eigenvalue weighted by molar-refractivity contribution is -0.0423. The highest BCUT2D eigenvalue weighted by Gasteiger charge is 2.50. The van der Waals surface area contributed by atoms with Crippen molar-refractivity contribution in [2.45, 2.75) is 62.7 Å². The first-order valence-corrected chi connectivity index (χ1v) is 22.4. The van der Waals surface area contributed by atoms with Crippen LogP contribution in [0.1, 0.15) is 38.3 Å². The molecule has 0 radical (unpaired) electrons. The Morgan fingerprint density at radius 2 is 1.34 bits per heavy atom. The number of nitrogens with one attached hydrogen (secondary N) is 1. The number of hydrogen-bond acceptors (Lipinski definition) is 20. The quantitative estimate of drug-likeness (QED) is 0.102. The lowest BCUT2D eigenvalue weighted by atomic mass is 9.94. The van der Waals surface area contributed by atoms with Crippen molar-refractivity contribution in [1.82, 2.24) is 19.5 Å². The number of H-pyrrole nitrogens is 1. The summed E-state index contributed by atoms with van der Waals surface area (Å²) in [6.45, 7) is -1.06. The number of fused-ring (bicyclic) bond motifs is 1. The van der Waals surface area contributed by atoms with Crippen LogP contribution in [0, 0.1) is 0 Å². The van der Waals surface area contributed by atoms with E-state index in [1.54, 1.807) is 0 Å². The maximum Gasteiger partial charge on any atom is 0.490 e. The van der Waals surface area contributed by atoms with Gasteiger partial charge in [-0.25, -0.2) is 32.4 Å². The number of phosphoric acid groups is 6. The predicted octanol–water partition coefficient (Wildman–Crippen LogP) is 0.339. The highest BCUT2D eigenvalue weighted by molar-refractivity contribution is 7.72. The normalized spacial score (nSPS) is 30.4. The lowest BCUT2D eigenvalue weighted by Gasteiger charge is -2.27. The first kappa shape index (κ1) is 41.6. The molecular formula is C16H30N6O22P6. The van der Waals surface area contributed by atoms with Crippen LogP contribution >= 0.6 is 46.9 Å². The number of rotatable bonds is 16. The number of nitrogens with two attached hydrogens (primary N) is 2. The SMILES string of the molecule is Nc1nc2c(ncn2[C@H]2C[C@@H](O)[C@@H](COP(=O)(O)OP(=O)(O)OP(=O)(O)OP(=O)(O)OP(=O)(O)OP(=O)(O)OC3CCC(N)CC3)O2)c(=O)[nH]1. The highest BCUT2D eigenvalue weighted by Crippen LogP contribution is 2.75. The molecule has 3 heterocycles. The zero-order chi connectivity index (χ0) is 37.5. The zero-order valence-electron chi connectivity index (χ0n) is 24.6. The average Bonchev–Trinajstić information content (AvgIpc) is 3.48. The van der Waals surface area contributed by atoms with Gasteiger partial charge < -0.3 is 50.7 Å². The summed E-state index contributed by atoms with van der Waals surface area (Å²) in [6.07, 6.45) is -3.12. The number of nitrogens with zero attached hydrogens (tertiary/aromatic N) is 3. The van der Waals surface area contributed by atoms with Gasteiger partial charge in [0.2, 0.25) is 5.95 Å². The predicted molar refractivity (Wildman–Crippen MR) is 159 cm³/mol. The van der Waals surface area contributed by atoms with Gasteiger partial charge in [-0.2, -0.15) is 26.5 Å². The summed E-state index contributed by atoms with van der Waals surface area (Å²) in [5, 5.41) is 10.3. The number of phosphoric ester groups is 2. The second-order valence-electron chi connectivity index (χ2n) is 10.4. The van der Waals surface area contributed by atoms with E-state index in [1.807, 2.05) is 0 Å². The number of ether oxygens (including phenoxy) is 1. The van der Waals surface area contributed by atoms with E-state index >= 15 is 0 Å². The average molecular weight is 844 g/mol. The molecule has 28 nitrogen and oxygen atoms in total. The van der Waals surface area contributed by atoms with Gasteiger partial charge in [0.15, 0.2) is 11.2 Å². The third-order valence-electron chi connectivity index (χ3n) is 6.40. The molecule has 9 atom stereocenters. The first-order valence-electron chi connectivity index (χ1n) is 13.4. The molecule has 2 aromatic rings. The molecule has 50 heavy (non-hydrogen) atoms. The Morgan fingerprint density at radius 1 is 0.840 bits per heavy atom. The van der Waals surface area contributed by atoms with Crippen molar-refractivity contribution in [2.24, 2.45) is 5.73 Å². The van der Waals surface area contributed by atoms with Crippen LogP contribution in [0.3, 0.4) is 0 Å². The summed E-state index contributed by atoms with van der Waals surface area (Å²) in [5.41, 5.74) is 10.3. The van der Waals surface area contributed by atoms with Crippen LogP contribution in [-0.2, 0) is 62.7 Å². The number of aromatic amines is 1. The van der Waals surface area contributed by atoms with E-state index in [9.17, 15) is 66.7 Å². The molecule has 2 fully saturated rings. The van der Waals surface area contributed by atoms with Crippen molar-refractivity contribution >= 4 is 64.0 Å². The van der Waals surface area contributed by atoms with Gasteiger partial charge in [0, 0.05) is 12.5 Å². The Hall–Kier alpha value is -1.11. The van der Waals surface area contributed by atoms with Crippen molar-refractivity contribution in [2.75, 3.05) is 12.3 Å². The van der Waals surface area contributed by atoms with E-state index in [0.717, 1.165) is 6.33 Å². The summed E-state index contributed by atoms with van der Waals surface area (Å²) >= 11 is 0. The second kappa shape index (κ2) is 15.3. The van der Waals surface area contributed by atoms with E-state index in [0.29, 0.717) is 12.8 Å². The minimum Gasteiger partial charge on any atom is -0.390 e. The lowest BCUT2D eigenvalue weighted by Crippen LogP contribution is -2.29. The number of nitrogen functional groups attached to an aromatic ring is 1. The van der Waals surface area contributed by atoms with Crippen molar-refractivity contribution in [3.05, 3.63) is 16.7 Å². The highest BCUT2D eigenvalue weighted by atomic mass is 31.3. The monoisotopic (exact) mass is 844 g/mol. The molecule has 2 aliphatic rings. The third-order valence-corrected chi connectivity index (χ3v) is 15.7. The van der Waals surface area contributed by atoms with Gasteiger partial charge in [-0.05, 0) is 25.7 Å². The van der Waals surface area contributed by atoms with Gasteiger partial charge in [0.1, 0.15) is 12.3 Å². The maximum absolute atomic E-state index is 12.3. The Morgan fingerprint density at radius 3 is 1.88 bits per heavy atom. The molecule has 4 rings (SSSR count). The number of anilines is 1. The fourth-order valence-electron chi connectivity index (χ4n) is 4.49. The Bertz CT molecular complexity index is 1910. The van der Waals surface area contributed by atoms with E-state index in [4.69, 9.17) is 16.2 Å². The van der Waals surface area contributed by atoms with Gasteiger partial charge in [-0.3, -0.25) is 23.4 Å². The molecule has 1 aliphatic heterocycles. The number of hydrogen-bond donors (Lipinski definition) is 10. The molecule has 1 aliphatic carbocycles. The molecule has 0 amide bonds. The van der Waals surface area contributed by atoms with E-state index < -0.39 is 83.6 Å². The van der Waals surface area contributed by atoms with Gasteiger partial charge in [0.05, 0.1) is 25.1 Å². The van der Waals surface area contributed by atoms with Crippen LogP contribution in [-0.4, -0.2) is 84.9 Å². The fraction of sp³-hybridized carbons (Fsp3) is 0.688. The van der Waals surface area contributed by atoms with Gasteiger partial charge in [-0.15, -0.1) is 0 Å². The molecule has 6 unspecified atom stereocenters. The number of aliphatic hydroxyl groups excluding tert-OH is 1. The minimum atomic E-state index is -6.45. The molecule has 0 bridgehead atoms. The first-order chi connectivity index (χ1) is 22.8. The number of imidazole rings is 1. The van der Waals surface area contributed by atoms with Crippen LogP contribution < -0.4 is 17.0 Å². The topological polar surface area (TPSA) is 433 Å². The molecule has 34 heteroatoms. The van der Waals surface area contributed by atoms with Gasteiger partial charge in [-0.1, -0.05) is 0 Å². The minimum absolute atomic E-state index is 0.0506. The summed E-state index contributed by atoms with van der Waals surface area (Å²) in [7, 11) is -36.6. The van der Waals surface area contributed by atoms with Crippen molar-refractivity contribution in [3.8, 4) is 0 Å². The smallest absolute Gasteiger partial charge is 0.390 e. The molecule has 286 valence electrons. The summed E-state index contributed by atoms with van der Waals surface area (Å²) in [6, 6.07) is -0.231. The van der Waals surface area contributed by atoms with Crippen molar-refractivity contribution in [3.63, 3.8) is 0 Å². The second-order valence-corrected chi connectivity index (χ2v) is 19.7. The molecular weight excluding hydrogens is 814 g/mol. The Labute approximate surface area is 278 Å². The van der Waals surface area contributed by atoms with Gasteiger partial charge >= 0.3 is 46.9 Å². The summed E-state index contributed by atoms with van der Waals surface area (Å²) in [4.78, 5) is 80.2.